The van der Waals surface area contributed by atoms with Gasteiger partial charge in [0.25, 0.3) is 5.91 Å². The lowest BCUT2D eigenvalue weighted by Crippen LogP contribution is -2.38. The van der Waals surface area contributed by atoms with Gasteiger partial charge in [0.05, 0.1) is 7.11 Å². The molecule has 1 aliphatic rings. The lowest BCUT2D eigenvalue weighted by atomic mass is 10.1. The van der Waals surface area contributed by atoms with Crippen LogP contribution in [0.15, 0.2) is 30.6 Å². The van der Waals surface area contributed by atoms with E-state index in [1.807, 2.05) is 5.32 Å². The van der Waals surface area contributed by atoms with E-state index in [1.54, 1.807) is 6.07 Å². The van der Waals surface area contributed by atoms with Crippen molar-refractivity contribution in [2.75, 3.05) is 7.11 Å². The third-order valence-electron chi connectivity index (χ3n) is 4.07. The molecule has 0 aromatic carbocycles. The van der Waals surface area contributed by atoms with Crippen LogP contribution < -0.4 is 10.1 Å². The summed E-state index contributed by atoms with van der Waals surface area (Å²) < 4.78 is 45.3. The molecule has 8 heteroatoms. The summed E-state index contributed by atoms with van der Waals surface area (Å²) in [6.07, 6.45) is 0.211. The van der Waals surface area contributed by atoms with Gasteiger partial charge < -0.3 is 10.1 Å². The van der Waals surface area contributed by atoms with Crippen molar-refractivity contribution in [2.45, 2.75) is 31.5 Å². The Kier molecular flexibility index (Phi) is 4.61. The predicted octanol–water partition coefficient (Wildman–Crippen LogP) is 3.01. The summed E-state index contributed by atoms with van der Waals surface area (Å²) in [7, 11) is 1.34. The number of aromatic nitrogens is 2. The maximum absolute atomic E-state index is 13.4. The van der Waals surface area contributed by atoms with E-state index < -0.39 is 18.1 Å². The summed E-state index contributed by atoms with van der Waals surface area (Å²) in [6, 6.07) is 2.06. The summed E-state index contributed by atoms with van der Waals surface area (Å²) in [4.78, 5) is 20.5. The Morgan fingerprint density at radius 1 is 1.36 bits per heavy atom. The van der Waals surface area contributed by atoms with Crippen LogP contribution in [0.3, 0.4) is 0 Å². The van der Waals surface area contributed by atoms with Crippen LogP contribution in [0, 0.1) is 0 Å². The van der Waals surface area contributed by atoms with Gasteiger partial charge in [-0.05, 0) is 37.0 Å². The molecule has 1 amide bonds. The van der Waals surface area contributed by atoms with Crippen LogP contribution in [0.1, 0.15) is 39.6 Å². The molecule has 25 heavy (non-hydrogen) atoms. The number of hydrogen-bond acceptors (Lipinski definition) is 4. The number of amides is 1. The molecule has 0 fully saturated rings. The molecule has 0 saturated carbocycles. The molecule has 1 aliphatic carbocycles. The topological polar surface area (TPSA) is 64.1 Å². The van der Waals surface area contributed by atoms with Gasteiger partial charge in [-0.1, -0.05) is 6.07 Å². The molecule has 1 atom stereocenters. The maximum atomic E-state index is 13.4. The van der Waals surface area contributed by atoms with Gasteiger partial charge in [-0.2, -0.15) is 13.2 Å². The second-order valence-electron chi connectivity index (χ2n) is 5.74. The minimum absolute atomic E-state index is 0.00119. The van der Waals surface area contributed by atoms with Crippen LogP contribution in [0.5, 0.6) is 5.88 Å². The molecule has 2 aromatic rings. The Bertz CT molecular complexity index is 779. The summed E-state index contributed by atoms with van der Waals surface area (Å²) >= 11 is 0. The molecule has 1 N–H and O–H groups in total. The van der Waals surface area contributed by atoms with E-state index in [2.05, 4.69) is 9.97 Å². The highest BCUT2D eigenvalue weighted by Crippen LogP contribution is 2.33. The van der Waals surface area contributed by atoms with E-state index in [0.717, 1.165) is 36.7 Å². The van der Waals surface area contributed by atoms with Crippen molar-refractivity contribution in [1.82, 2.24) is 15.3 Å². The fraction of sp³-hybridized carbons (Fsp3) is 0.353. The molecule has 0 spiro atoms. The van der Waals surface area contributed by atoms with Gasteiger partial charge in [0.1, 0.15) is 5.56 Å². The van der Waals surface area contributed by atoms with Crippen molar-refractivity contribution in [3.63, 3.8) is 0 Å². The van der Waals surface area contributed by atoms with E-state index in [4.69, 9.17) is 4.74 Å². The third-order valence-corrected chi connectivity index (χ3v) is 4.07. The zero-order valence-electron chi connectivity index (χ0n) is 13.4. The number of carbonyl (C=O) groups excluding carboxylic acids is 1. The Labute approximate surface area is 142 Å². The number of aryl methyl sites for hydroxylation is 2. The third kappa shape index (κ3) is 3.57. The van der Waals surface area contributed by atoms with Crippen LogP contribution in [0.25, 0.3) is 0 Å². The van der Waals surface area contributed by atoms with Crippen LogP contribution in [0.4, 0.5) is 13.2 Å². The first-order chi connectivity index (χ1) is 11.9. The highest BCUT2D eigenvalue weighted by molar-refractivity contribution is 5.97. The van der Waals surface area contributed by atoms with Crippen LogP contribution in [-0.2, 0) is 12.8 Å². The summed E-state index contributed by atoms with van der Waals surface area (Å²) in [5, 5.41) is 2.03. The standard InChI is InChI=1S/C17H16F3N3O2/c1-25-16-12(8-10-4-2-6-13(10)22-16)15(24)23-14(17(18,19)20)11-5-3-7-21-9-11/h3,5,7-9,14H,2,4,6H2,1H3,(H,23,24). The zero-order chi connectivity index (χ0) is 18.0. The summed E-state index contributed by atoms with van der Waals surface area (Å²) in [5.74, 6) is -0.851. The normalized spacial score (nSPS) is 14.7. The van der Waals surface area contributed by atoms with Crippen LogP contribution >= 0.6 is 0 Å². The fourth-order valence-corrected chi connectivity index (χ4v) is 2.88. The van der Waals surface area contributed by atoms with Gasteiger partial charge in [-0.25, -0.2) is 4.98 Å². The van der Waals surface area contributed by atoms with Crippen molar-refractivity contribution in [2.24, 2.45) is 0 Å². The smallest absolute Gasteiger partial charge is 0.412 e. The number of nitrogens with zero attached hydrogens (tertiary/aromatic N) is 2. The first kappa shape index (κ1) is 17.2. The summed E-state index contributed by atoms with van der Waals surface area (Å²) in [6.45, 7) is 0. The van der Waals surface area contributed by atoms with Crippen molar-refractivity contribution < 1.29 is 22.7 Å². The molecule has 3 rings (SSSR count). The molecule has 0 aliphatic heterocycles. The second kappa shape index (κ2) is 6.70. The van der Waals surface area contributed by atoms with Crippen LogP contribution in [0.2, 0.25) is 0 Å². The van der Waals surface area contributed by atoms with E-state index in [1.165, 1.54) is 25.4 Å². The lowest BCUT2D eigenvalue weighted by molar-refractivity contribution is -0.155. The Hall–Kier alpha value is -2.64. The van der Waals surface area contributed by atoms with Gasteiger partial charge in [-0.3, -0.25) is 9.78 Å². The molecular formula is C17H16F3N3O2. The number of fused-ring (bicyclic) bond motifs is 1. The first-order valence-electron chi connectivity index (χ1n) is 7.74. The van der Waals surface area contributed by atoms with Crippen molar-refractivity contribution >= 4 is 5.91 Å². The van der Waals surface area contributed by atoms with E-state index in [9.17, 15) is 18.0 Å². The van der Waals surface area contributed by atoms with Gasteiger partial charge >= 0.3 is 6.18 Å². The number of methoxy groups -OCH3 is 1. The molecule has 2 aromatic heterocycles. The highest BCUT2D eigenvalue weighted by Gasteiger charge is 2.42. The number of ether oxygens (including phenoxy) is 1. The molecule has 0 radical (unpaired) electrons. The molecule has 2 heterocycles. The van der Waals surface area contributed by atoms with E-state index in [0.29, 0.717) is 0 Å². The number of rotatable bonds is 4. The second-order valence-corrected chi connectivity index (χ2v) is 5.74. The van der Waals surface area contributed by atoms with Crippen LogP contribution in [-0.4, -0.2) is 29.2 Å². The predicted molar refractivity (Wildman–Crippen MR) is 83.3 cm³/mol. The van der Waals surface area contributed by atoms with E-state index in [-0.39, 0.29) is 17.0 Å². The van der Waals surface area contributed by atoms with Crippen molar-refractivity contribution in [3.8, 4) is 5.88 Å². The number of alkyl halides is 3. The average Bonchev–Trinajstić information content (AvgIpc) is 3.05. The largest absolute Gasteiger partial charge is 0.480 e. The Morgan fingerprint density at radius 2 is 2.16 bits per heavy atom. The molecular weight excluding hydrogens is 335 g/mol. The fourth-order valence-electron chi connectivity index (χ4n) is 2.88. The lowest BCUT2D eigenvalue weighted by Gasteiger charge is -2.22. The molecule has 132 valence electrons. The number of carbonyl (C=O) groups is 1. The van der Waals surface area contributed by atoms with Gasteiger partial charge in [0.2, 0.25) is 5.88 Å². The highest BCUT2D eigenvalue weighted by atomic mass is 19.4. The van der Waals surface area contributed by atoms with Crippen molar-refractivity contribution in [1.29, 1.82) is 0 Å². The Morgan fingerprint density at radius 3 is 2.80 bits per heavy atom. The van der Waals surface area contributed by atoms with Gasteiger partial charge in [0, 0.05) is 23.7 Å². The minimum Gasteiger partial charge on any atom is -0.480 e. The quantitative estimate of drug-likeness (QED) is 0.920. The number of hydrogen-bond donors (Lipinski definition) is 1. The monoisotopic (exact) mass is 351 g/mol. The molecule has 5 nitrogen and oxygen atoms in total. The molecule has 1 unspecified atom stereocenters. The number of halogens is 3. The molecule has 0 bridgehead atoms. The van der Waals surface area contributed by atoms with E-state index >= 15 is 0 Å². The van der Waals surface area contributed by atoms with Gasteiger partial charge in [0.15, 0.2) is 6.04 Å². The minimum atomic E-state index is -4.66. The van der Waals surface area contributed by atoms with Crippen molar-refractivity contribution in [3.05, 3.63) is 53.0 Å². The maximum Gasteiger partial charge on any atom is 0.412 e. The average molecular weight is 351 g/mol. The Balaban J connectivity index is 1.92. The number of nitrogens with one attached hydrogen (secondary N) is 1. The zero-order valence-corrected chi connectivity index (χ0v) is 13.4. The van der Waals surface area contributed by atoms with Gasteiger partial charge in [-0.15, -0.1) is 0 Å². The SMILES string of the molecule is COc1nc2c(cc1C(=O)NC(c1cccnc1)C(F)(F)F)CCC2. The summed E-state index contributed by atoms with van der Waals surface area (Å²) in [5.41, 5.74) is 1.56. The number of pyridine rings is 2. The first-order valence-corrected chi connectivity index (χ1v) is 7.74. The molecule has 0 saturated heterocycles.